The van der Waals surface area contributed by atoms with Crippen LogP contribution < -0.4 is 0 Å². The van der Waals surface area contributed by atoms with Crippen molar-refractivity contribution in [2.24, 2.45) is 0 Å². The zero-order valence-corrected chi connectivity index (χ0v) is 12.0. The predicted octanol–water partition coefficient (Wildman–Crippen LogP) is 2.02. The molecule has 0 aromatic heterocycles. The molecule has 1 rings (SSSR count). The minimum atomic E-state index is -3.42. The first-order valence-corrected chi connectivity index (χ1v) is 7.42. The molecule has 1 aromatic rings. The second-order valence-corrected chi connectivity index (χ2v) is 6.44. The third kappa shape index (κ3) is 3.74. The number of hydrogen-bond donors (Lipinski definition) is 0. The van der Waals surface area contributed by atoms with Gasteiger partial charge in [0.25, 0.3) is 5.69 Å². The van der Waals surface area contributed by atoms with E-state index in [1.807, 2.05) is 0 Å². The highest BCUT2D eigenvalue weighted by Gasteiger charge is 2.21. The molecule has 0 bridgehead atoms. The van der Waals surface area contributed by atoms with Crippen molar-refractivity contribution in [2.75, 3.05) is 19.5 Å². The van der Waals surface area contributed by atoms with Gasteiger partial charge in [-0.3, -0.25) is 10.1 Å². The molecular weight excluding hydrogens is 270 g/mol. The molecule has 19 heavy (non-hydrogen) atoms. The fraction of sp³-hybridized carbons (Fsp3) is 0.500. The highest BCUT2D eigenvalue weighted by Crippen LogP contribution is 2.27. The van der Waals surface area contributed by atoms with Crippen LogP contribution in [0.4, 0.5) is 5.69 Å². The van der Waals surface area contributed by atoms with Gasteiger partial charge >= 0.3 is 0 Å². The summed E-state index contributed by atoms with van der Waals surface area (Å²) in [6.45, 7) is 3.45. The zero-order chi connectivity index (χ0) is 14.6. The number of sulfone groups is 1. The van der Waals surface area contributed by atoms with Crippen LogP contribution in [-0.2, 0) is 14.6 Å². The van der Waals surface area contributed by atoms with Crippen molar-refractivity contribution in [1.82, 2.24) is 0 Å². The van der Waals surface area contributed by atoms with E-state index in [1.54, 1.807) is 13.8 Å². The van der Waals surface area contributed by atoms with Crippen LogP contribution in [0.1, 0.15) is 17.5 Å². The van der Waals surface area contributed by atoms with Crippen LogP contribution in [0.5, 0.6) is 0 Å². The Kier molecular flexibility index (Phi) is 5.02. The van der Waals surface area contributed by atoms with Crippen LogP contribution in [0.3, 0.4) is 0 Å². The molecule has 0 radical (unpaired) electrons. The van der Waals surface area contributed by atoms with E-state index in [2.05, 4.69) is 0 Å². The van der Waals surface area contributed by atoms with Crippen molar-refractivity contribution in [3.63, 3.8) is 0 Å². The average Bonchev–Trinajstić information content (AvgIpc) is 2.27. The van der Waals surface area contributed by atoms with Gasteiger partial charge < -0.3 is 4.74 Å². The van der Waals surface area contributed by atoms with Gasteiger partial charge in [-0.2, -0.15) is 0 Å². The second kappa shape index (κ2) is 6.12. The third-order valence-electron chi connectivity index (χ3n) is 2.77. The van der Waals surface area contributed by atoms with Gasteiger partial charge in [0, 0.05) is 24.8 Å². The number of rotatable bonds is 6. The van der Waals surface area contributed by atoms with Crippen LogP contribution in [0.2, 0.25) is 0 Å². The second-order valence-electron chi connectivity index (χ2n) is 4.33. The molecule has 0 aliphatic heterocycles. The van der Waals surface area contributed by atoms with E-state index in [1.165, 1.54) is 19.2 Å². The molecule has 0 fully saturated rings. The van der Waals surface area contributed by atoms with E-state index in [9.17, 15) is 18.5 Å². The van der Waals surface area contributed by atoms with Crippen LogP contribution in [0, 0.1) is 24.0 Å². The summed E-state index contributed by atoms with van der Waals surface area (Å²) >= 11 is 0. The van der Waals surface area contributed by atoms with Crippen molar-refractivity contribution in [3.8, 4) is 0 Å². The number of methoxy groups -OCH3 is 1. The normalized spacial score (nSPS) is 11.5. The number of nitrogens with zero attached hydrogens (tertiary/aromatic N) is 1. The Labute approximate surface area is 112 Å². The standard InChI is InChI=1S/C12H17NO5S/c1-9-7-11(8-10(2)12(9)13(14)15)19(16,17)6-4-5-18-3/h7-8H,4-6H2,1-3H3. The average molecular weight is 287 g/mol. The quantitative estimate of drug-likeness (QED) is 0.454. The summed E-state index contributed by atoms with van der Waals surface area (Å²) in [6, 6.07) is 2.71. The van der Waals surface area contributed by atoms with Crippen LogP contribution in [0.15, 0.2) is 17.0 Å². The molecule has 106 valence electrons. The van der Waals surface area contributed by atoms with Crippen LogP contribution >= 0.6 is 0 Å². The van der Waals surface area contributed by atoms with Gasteiger partial charge in [0.2, 0.25) is 0 Å². The van der Waals surface area contributed by atoms with Crippen LogP contribution in [-0.4, -0.2) is 32.8 Å². The Morgan fingerprint density at radius 3 is 2.21 bits per heavy atom. The Morgan fingerprint density at radius 1 is 1.26 bits per heavy atom. The molecular formula is C12H17NO5S. The lowest BCUT2D eigenvalue weighted by Crippen LogP contribution is -2.10. The third-order valence-corrected chi connectivity index (χ3v) is 4.55. The van der Waals surface area contributed by atoms with E-state index < -0.39 is 14.8 Å². The molecule has 1 aromatic carbocycles. The molecule has 0 N–H and O–H groups in total. The summed E-state index contributed by atoms with van der Waals surface area (Å²) in [5.41, 5.74) is 0.682. The molecule has 0 amide bonds. The molecule has 0 spiro atoms. The minimum Gasteiger partial charge on any atom is -0.385 e. The number of nitro groups is 1. The van der Waals surface area contributed by atoms with Crippen molar-refractivity contribution < 1.29 is 18.1 Å². The highest BCUT2D eigenvalue weighted by molar-refractivity contribution is 7.91. The van der Waals surface area contributed by atoms with Crippen molar-refractivity contribution in [2.45, 2.75) is 25.2 Å². The summed E-state index contributed by atoms with van der Waals surface area (Å²) in [5, 5.41) is 10.9. The fourth-order valence-corrected chi connectivity index (χ4v) is 3.34. The molecule has 0 heterocycles. The highest BCUT2D eigenvalue weighted by atomic mass is 32.2. The first-order valence-electron chi connectivity index (χ1n) is 5.77. The lowest BCUT2D eigenvalue weighted by molar-refractivity contribution is -0.386. The molecule has 0 aliphatic rings. The number of ether oxygens (including phenoxy) is 1. The first kappa shape index (κ1) is 15.6. The van der Waals surface area contributed by atoms with E-state index in [4.69, 9.17) is 4.74 Å². The van der Waals surface area contributed by atoms with Gasteiger partial charge in [-0.1, -0.05) is 0 Å². The molecule has 0 unspecified atom stereocenters. The Balaban J connectivity index is 3.13. The van der Waals surface area contributed by atoms with Crippen molar-refractivity contribution in [3.05, 3.63) is 33.4 Å². The molecule has 7 heteroatoms. The summed E-state index contributed by atoms with van der Waals surface area (Å²) in [5.74, 6) is -0.0302. The van der Waals surface area contributed by atoms with E-state index in [-0.39, 0.29) is 16.3 Å². The Hall–Kier alpha value is -1.47. The number of hydrogen-bond acceptors (Lipinski definition) is 5. The summed E-state index contributed by atoms with van der Waals surface area (Å²) in [6.07, 6.45) is 0.397. The smallest absolute Gasteiger partial charge is 0.275 e. The molecule has 0 saturated heterocycles. The SMILES string of the molecule is COCCCS(=O)(=O)c1cc(C)c([N+](=O)[O-])c(C)c1. The number of benzene rings is 1. The maximum absolute atomic E-state index is 12.1. The monoisotopic (exact) mass is 287 g/mol. The van der Waals surface area contributed by atoms with Gasteiger partial charge in [-0.25, -0.2) is 8.42 Å². The maximum atomic E-state index is 12.1. The number of nitro benzene ring substituents is 1. The summed E-state index contributed by atoms with van der Waals surface area (Å²) < 4.78 is 29.0. The molecule has 6 nitrogen and oxygen atoms in total. The van der Waals surface area contributed by atoms with Crippen molar-refractivity contribution in [1.29, 1.82) is 0 Å². The molecule has 0 saturated carbocycles. The molecule has 0 atom stereocenters. The topological polar surface area (TPSA) is 86.5 Å². The maximum Gasteiger partial charge on any atom is 0.275 e. The van der Waals surface area contributed by atoms with Gasteiger partial charge in [-0.05, 0) is 32.4 Å². The van der Waals surface area contributed by atoms with Crippen LogP contribution in [0.25, 0.3) is 0 Å². The van der Waals surface area contributed by atoms with E-state index >= 15 is 0 Å². The Morgan fingerprint density at radius 2 is 1.79 bits per heavy atom. The van der Waals surface area contributed by atoms with E-state index in [0.717, 1.165) is 0 Å². The van der Waals surface area contributed by atoms with E-state index in [0.29, 0.717) is 24.2 Å². The number of aryl methyl sites for hydroxylation is 2. The largest absolute Gasteiger partial charge is 0.385 e. The van der Waals surface area contributed by atoms with Gasteiger partial charge in [0.15, 0.2) is 9.84 Å². The van der Waals surface area contributed by atoms with Gasteiger partial charge in [0.05, 0.1) is 15.6 Å². The lowest BCUT2D eigenvalue weighted by atomic mass is 10.1. The summed E-state index contributed by atoms with van der Waals surface area (Å²) in [4.78, 5) is 10.5. The zero-order valence-electron chi connectivity index (χ0n) is 11.2. The minimum absolute atomic E-state index is 0.0302. The lowest BCUT2D eigenvalue weighted by Gasteiger charge is -2.08. The summed E-state index contributed by atoms with van der Waals surface area (Å²) in [7, 11) is -1.92. The predicted molar refractivity (Wildman–Crippen MR) is 71.1 cm³/mol. The van der Waals surface area contributed by atoms with Gasteiger partial charge in [-0.15, -0.1) is 0 Å². The fourth-order valence-electron chi connectivity index (χ4n) is 1.89. The van der Waals surface area contributed by atoms with Gasteiger partial charge in [0.1, 0.15) is 0 Å². The molecule has 0 aliphatic carbocycles. The first-order chi connectivity index (χ1) is 8.79. The van der Waals surface area contributed by atoms with Crippen molar-refractivity contribution >= 4 is 15.5 Å². The Bertz CT molecular complexity index is 557.